The maximum absolute atomic E-state index is 12.4. The zero-order valence-corrected chi connectivity index (χ0v) is 14.5. The van der Waals surface area contributed by atoms with Crippen LogP contribution in [0.2, 0.25) is 0 Å². The summed E-state index contributed by atoms with van der Waals surface area (Å²) in [6.07, 6.45) is 2.36. The third kappa shape index (κ3) is 5.58. The predicted molar refractivity (Wildman–Crippen MR) is 89.4 cm³/mol. The maximum Gasteiger partial charge on any atom is 0.225 e. The van der Waals surface area contributed by atoms with Crippen molar-refractivity contribution in [1.82, 2.24) is 4.90 Å². The lowest BCUT2D eigenvalue weighted by atomic mass is 10.1. The Balaban J connectivity index is 0.00000220. The second-order valence-electron chi connectivity index (χ2n) is 5.18. The lowest BCUT2D eigenvalue weighted by Gasteiger charge is -2.24. The van der Waals surface area contributed by atoms with Crippen molar-refractivity contribution in [2.75, 3.05) is 13.7 Å². The number of nitrogens with zero attached hydrogens (tertiary/aromatic N) is 1. The van der Waals surface area contributed by atoms with Gasteiger partial charge in [-0.3, -0.25) is 4.79 Å². The molecule has 0 spiro atoms. The average molecular weight is 378 g/mol. The highest BCUT2D eigenvalue weighted by Crippen LogP contribution is 2.29. The summed E-state index contributed by atoms with van der Waals surface area (Å²) in [5, 5.41) is 0. The molecule has 0 radical (unpaired) electrons. The molecule has 0 heterocycles. The molecule has 0 aromatic heterocycles. The molecule has 1 unspecified atom stereocenters. The number of methoxy groups -OCH3 is 1. The van der Waals surface area contributed by atoms with Crippen LogP contribution in [-0.2, 0) is 16.1 Å². The van der Waals surface area contributed by atoms with Crippen LogP contribution in [-0.4, -0.2) is 36.6 Å². The van der Waals surface area contributed by atoms with Gasteiger partial charge in [0.1, 0.15) is 0 Å². The highest BCUT2D eigenvalue weighted by molar-refractivity contribution is 9.10. The van der Waals surface area contributed by atoms with Gasteiger partial charge in [0.25, 0.3) is 0 Å². The summed E-state index contributed by atoms with van der Waals surface area (Å²) in [6.45, 7) is 1.03. The van der Waals surface area contributed by atoms with Crippen molar-refractivity contribution in [3.63, 3.8) is 0 Å². The number of hydrogen-bond donors (Lipinski definition) is 1. The van der Waals surface area contributed by atoms with Crippen molar-refractivity contribution >= 4 is 34.2 Å². The third-order valence-electron chi connectivity index (χ3n) is 3.55. The minimum absolute atomic E-state index is 0. The normalized spacial score (nSPS) is 15.2. The monoisotopic (exact) mass is 376 g/mol. The Labute approximate surface area is 140 Å². The second kappa shape index (κ2) is 8.73. The molecule has 21 heavy (non-hydrogen) atoms. The highest BCUT2D eigenvalue weighted by atomic mass is 79.9. The number of benzene rings is 1. The highest BCUT2D eigenvalue weighted by Gasteiger charge is 2.33. The van der Waals surface area contributed by atoms with Crippen molar-refractivity contribution in [2.45, 2.75) is 38.0 Å². The Hall–Kier alpha value is -0.620. The summed E-state index contributed by atoms with van der Waals surface area (Å²) in [4.78, 5) is 14.4. The van der Waals surface area contributed by atoms with E-state index >= 15 is 0 Å². The first-order valence-electron chi connectivity index (χ1n) is 6.90. The van der Waals surface area contributed by atoms with Crippen molar-refractivity contribution in [2.24, 2.45) is 5.73 Å². The van der Waals surface area contributed by atoms with Crippen LogP contribution in [0.4, 0.5) is 0 Å². The molecule has 1 amide bonds. The molecule has 2 rings (SSSR count). The van der Waals surface area contributed by atoms with Crippen LogP contribution in [0, 0.1) is 0 Å². The number of carbonyl (C=O) groups is 1. The molecule has 1 aliphatic carbocycles. The fourth-order valence-corrected chi connectivity index (χ4v) is 2.66. The molecule has 1 aliphatic rings. The summed E-state index contributed by atoms with van der Waals surface area (Å²) in [7, 11) is 1.60. The molecule has 0 saturated heterocycles. The van der Waals surface area contributed by atoms with E-state index in [-0.39, 0.29) is 24.4 Å². The number of halogens is 2. The van der Waals surface area contributed by atoms with Gasteiger partial charge < -0.3 is 15.4 Å². The number of carbonyl (C=O) groups excluding carboxylic acids is 1. The Kier molecular flexibility index (Phi) is 7.66. The molecule has 1 aromatic carbocycles. The van der Waals surface area contributed by atoms with E-state index in [1.165, 1.54) is 0 Å². The molecule has 1 saturated carbocycles. The van der Waals surface area contributed by atoms with Crippen LogP contribution in [0.25, 0.3) is 0 Å². The van der Waals surface area contributed by atoms with Crippen LogP contribution in [0.1, 0.15) is 24.8 Å². The van der Waals surface area contributed by atoms with E-state index in [9.17, 15) is 4.79 Å². The van der Waals surface area contributed by atoms with Crippen molar-refractivity contribution in [1.29, 1.82) is 0 Å². The van der Waals surface area contributed by atoms with Crippen molar-refractivity contribution in [3.8, 4) is 0 Å². The van der Waals surface area contributed by atoms with Gasteiger partial charge in [0.15, 0.2) is 0 Å². The van der Waals surface area contributed by atoms with Gasteiger partial charge in [-0.15, -0.1) is 12.4 Å². The molecular weight excluding hydrogens is 356 g/mol. The van der Waals surface area contributed by atoms with Gasteiger partial charge in [0.05, 0.1) is 12.5 Å². The molecule has 6 heteroatoms. The molecule has 2 N–H and O–H groups in total. The van der Waals surface area contributed by atoms with Crippen LogP contribution < -0.4 is 5.73 Å². The van der Waals surface area contributed by atoms with E-state index in [0.717, 1.165) is 22.9 Å². The number of ether oxygens (including phenoxy) is 1. The van der Waals surface area contributed by atoms with Crippen LogP contribution in [0.3, 0.4) is 0 Å². The first-order valence-corrected chi connectivity index (χ1v) is 7.70. The fourth-order valence-electron chi connectivity index (χ4n) is 2.21. The second-order valence-corrected chi connectivity index (χ2v) is 6.10. The minimum atomic E-state index is -0.189. The Bertz CT molecular complexity index is 465. The van der Waals surface area contributed by atoms with E-state index in [0.29, 0.717) is 25.6 Å². The molecule has 1 aromatic rings. The molecule has 1 atom stereocenters. The predicted octanol–water partition coefficient (Wildman–Crippen LogP) is 2.73. The van der Waals surface area contributed by atoms with Gasteiger partial charge in [-0.05, 0) is 30.5 Å². The third-order valence-corrected chi connectivity index (χ3v) is 4.04. The van der Waals surface area contributed by atoms with Gasteiger partial charge in [-0.2, -0.15) is 0 Å². The summed E-state index contributed by atoms with van der Waals surface area (Å²) in [5.74, 6) is 0.129. The van der Waals surface area contributed by atoms with Gasteiger partial charge in [-0.25, -0.2) is 0 Å². The van der Waals surface area contributed by atoms with E-state index in [1.54, 1.807) is 7.11 Å². The van der Waals surface area contributed by atoms with Gasteiger partial charge in [0.2, 0.25) is 5.91 Å². The van der Waals surface area contributed by atoms with Gasteiger partial charge in [0, 0.05) is 30.7 Å². The smallest absolute Gasteiger partial charge is 0.225 e. The average Bonchev–Trinajstić information content (AvgIpc) is 3.26. The van der Waals surface area contributed by atoms with E-state index in [2.05, 4.69) is 22.0 Å². The number of rotatable bonds is 7. The van der Waals surface area contributed by atoms with Crippen molar-refractivity contribution in [3.05, 3.63) is 34.3 Å². The minimum Gasteiger partial charge on any atom is -0.380 e. The largest absolute Gasteiger partial charge is 0.380 e. The molecule has 1 fully saturated rings. The van der Waals surface area contributed by atoms with E-state index in [4.69, 9.17) is 10.5 Å². The van der Waals surface area contributed by atoms with E-state index in [1.807, 2.05) is 23.1 Å². The molecule has 118 valence electrons. The van der Waals surface area contributed by atoms with Crippen LogP contribution in [0.5, 0.6) is 0 Å². The quantitative estimate of drug-likeness (QED) is 0.795. The lowest BCUT2D eigenvalue weighted by molar-refractivity contribution is -0.134. The number of nitrogens with two attached hydrogens (primary N) is 1. The Morgan fingerprint density at radius 3 is 2.76 bits per heavy atom. The Morgan fingerprint density at radius 2 is 2.24 bits per heavy atom. The van der Waals surface area contributed by atoms with Crippen LogP contribution in [0.15, 0.2) is 28.7 Å². The molecule has 4 nitrogen and oxygen atoms in total. The molecular formula is C15H22BrClN2O2. The standard InChI is InChI=1S/C15H21BrN2O2.ClH/c1-20-14(9-17)8-15(19)18(13-5-6-13)10-11-3-2-4-12(16)7-11;/h2-4,7,13-14H,5-6,8-10,17H2,1H3;1H. The maximum atomic E-state index is 12.4. The van der Waals surface area contributed by atoms with Gasteiger partial charge >= 0.3 is 0 Å². The summed E-state index contributed by atoms with van der Waals surface area (Å²) in [5.41, 5.74) is 6.73. The number of amides is 1. The van der Waals surface area contributed by atoms with Crippen molar-refractivity contribution < 1.29 is 9.53 Å². The lowest BCUT2D eigenvalue weighted by Crippen LogP contribution is -2.37. The SMILES string of the molecule is COC(CN)CC(=O)N(Cc1cccc(Br)c1)C1CC1.Cl. The van der Waals surface area contributed by atoms with Gasteiger partial charge in [-0.1, -0.05) is 28.1 Å². The zero-order chi connectivity index (χ0) is 14.5. The summed E-state index contributed by atoms with van der Waals surface area (Å²) >= 11 is 3.46. The zero-order valence-electron chi connectivity index (χ0n) is 12.1. The fraction of sp³-hybridized carbons (Fsp3) is 0.533. The number of hydrogen-bond acceptors (Lipinski definition) is 3. The molecule has 0 aliphatic heterocycles. The summed E-state index contributed by atoms with van der Waals surface area (Å²) in [6, 6.07) is 8.47. The van der Waals surface area contributed by atoms with Crippen LogP contribution >= 0.6 is 28.3 Å². The first-order chi connectivity index (χ1) is 9.63. The Morgan fingerprint density at radius 1 is 1.52 bits per heavy atom. The summed E-state index contributed by atoms with van der Waals surface area (Å²) < 4.78 is 6.25. The first kappa shape index (κ1) is 18.4. The van der Waals surface area contributed by atoms with E-state index < -0.39 is 0 Å². The molecule has 0 bridgehead atoms. The topological polar surface area (TPSA) is 55.6 Å².